The first kappa shape index (κ1) is 22.3. The molecular formula is C14H26F2NO5P. The fraction of sp³-hybridized carbons (Fsp3) is 0.857. The predicted octanol–water partition coefficient (Wildman–Crippen LogP) is 2.45. The van der Waals surface area contributed by atoms with E-state index in [2.05, 4.69) is 0 Å². The lowest BCUT2D eigenvalue weighted by Gasteiger charge is -2.19. The molecule has 0 radical (unpaired) electrons. The zero-order valence-electron chi connectivity index (χ0n) is 13.6. The molecule has 0 amide bonds. The highest BCUT2D eigenvalue weighted by Crippen LogP contribution is 2.24. The number of hydrogen-bond donors (Lipinski definition) is 1. The highest BCUT2D eigenvalue weighted by molar-refractivity contribution is 7.26. The highest BCUT2D eigenvalue weighted by atomic mass is 31.1. The molecule has 2 atom stereocenters. The first-order chi connectivity index (χ1) is 10.9. The molecule has 0 spiro atoms. The minimum Gasteiger partial charge on any atom is -0.465 e. The van der Waals surface area contributed by atoms with Crippen molar-refractivity contribution >= 4 is 20.8 Å². The Morgan fingerprint density at radius 1 is 1.22 bits per heavy atom. The van der Waals surface area contributed by atoms with Gasteiger partial charge in [-0.05, 0) is 6.42 Å². The largest absolute Gasteiger partial charge is 0.465 e. The second-order valence-electron chi connectivity index (χ2n) is 5.02. The number of carbonyl (C=O) groups excluding carboxylic acids is 2. The van der Waals surface area contributed by atoms with Gasteiger partial charge in [0.2, 0.25) is 5.78 Å². The highest BCUT2D eigenvalue weighted by Gasteiger charge is 2.37. The van der Waals surface area contributed by atoms with Crippen LogP contribution in [0.2, 0.25) is 0 Å². The Hall–Kier alpha value is -0.690. The van der Waals surface area contributed by atoms with E-state index in [-0.39, 0.29) is 28.7 Å². The number of ether oxygens (including phenoxy) is 1. The van der Waals surface area contributed by atoms with Gasteiger partial charge in [-0.15, -0.1) is 0 Å². The lowest BCUT2D eigenvalue weighted by atomic mass is 9.99. The molecule has 136 valence electrons. The molecule has 0 saturated carbocycles. The van der Waals surface area contributed by atoms with Crippen molar-refractivity contribution in [3.63, 3.8) is 0 Å². The summed E-state index contributed by atoms with van der Waals surface area (Å²) in [5.41, 5.74) is 5.25. The second kappa shape index (κ2) is 12.7. The van der Waals surface area contributed by atoms with Gasteiger partial charge in [0.15, 0.2) is 9.03 Å². The third-order valence-corrected chi connectivity index (χ3v) is 3.52. The van der Waals surface area contributed by atoms with E-state index in [0.29, 0.717) is 19.6 Å². The third kappa shape index (κ3) is 10.7. The van der Waals surface area contributed by atoms with Crippen LogP contribution >= 0.6 is 9.03 Å². The van der Waals surface area contributed by atoms with Crippen LogP contribution in [0.25, 0.3) is 0 Å². The molecule has 6 nitrogen and oxygen atoms in total. The van der Waals surface area contributed by atoms with E-state index in [1.54, 1.807) is 0 Å². The molecular weight excluding hydrogens is 331 g/mol. The first-order valence-corrected chi connectivity index (χ1v) is 8.44. The minimum absolute atomic E-state index is 0.00600. The lowest BCUT2D eigenvalue weighted by molar-refractivity contribution is -0.149. The molecule has 2 N–H and O–H groups in total. The van der Waals surface area contributed by atoms with Crippen LogP contribution < -0.4 is 5.73 Å². The Bertz CT molecular complexity index is 358. The van der Waals surface area contributed by atoms with E-state index in [1.807, 2.05) is 6.92 Å². The van der Waals surface area contributed by atoms with E-state index in [4.69, 9.17) is 19.5 Å². The maximum Gasteiger partial charge on any atom is 0.305 e. The Kier molecular flexibility index (Phi) is 12.3. The van der Waals surface area contributed by atoms with Gasteiger partial charge in [-0.25, -0.2) is 0 Å². The van der Waals surface area contributed by atoms with E-state index in [9.17, 15) is 18.4 Å². The Morgan fingerprint density at radius 2 is 1.91 bits per heavy atom. The average Bonchev–Trinajstić information content (AvgIpc) is 2.52. The number of carbonyl (C=O) groups is 2. The summed E-state index contributed by atoms with van der Waals surface area (Å²) in [6.45, 7) is 3.59. The van der Waals surface area contributed by atoms with Crippen LogP contribution in [0.4, 0.5) is 8.78 Å². The van der Waals surface area contributed by atoms with Crippen molar-refractivity contribution in [3.05, 3.63) is 0 Å². The van der Waals surface area contributed by atoms with Crippen LogP contribution in [0.1, 0.15) is 39.5 Å². The van der Waals surface area contributed by atoms with E-state index in [1.165, 1.54) is 6.92 Å². The lowest BCUT2D eigenvalue weighted by Crippen LogP contribution is -2.32. The van der Waals surface area contributed by atoms with Crippen LogP contribution in [-0.2, 0) is 23.4 Å². The van der Waals surface area contributed by atoms with Gasteiger partial charge in [0.1, 0.15) is 0 Å². The number of rotatable bonds is 14. The van der Waals surface area contributed by atoms with Crippen LogP contribution in [0.5, 0.6) is 0 Å². The van der Waals surface area contributed by atoms with Crippen molar-refractivity contribution in [1.29, 1.82) is 0 Å². The summed E-state index contributed by atoms with van der Waals surface area (Å²) in [7, 11) is -0.305. The SMILES string of the molecule is CCCC(=O)OCC(COPOCCN)CC(=O)C(F)(F)CC. The van der Waals surface area contributed by atoms with Crippen LogP contribution in [-0.4, -0.2) is 44.0 Å². The summed E-state index contributed by atoms with van der Waals surface area (Å²) in [5.74, 6) is -5.60. The van der Waals surface area contributed by atoms with Gasteiger partial charge < -0.3 is 19.5 Å². The van der Waals surface area contributed by atoms with Crippen molar-refractivity contribution in [2.24, 2.45) is 11.7 Å². The van der Waals surface area contributed by atoms with E-state index >= 15 is 0 Å². The molecule has 0 bridgehead atoms. The number of alkyl halides is 2. The quantitative estimate of drug-likeness (QED) is 0.292. The van der Waals surface area contributed by atoms with E-state index < -0.39 is 36.4 Å². The number of Topliss-reactive ketones (excluding diaryl/α,β-unsaturated/α-hetero) is 1. The summed E-state index contributed by atoms with van der Waals surface area (Å²) in [5, 5.41) is 0. The van der Waals surface area contributed by atoms with Crippen LogP contribution in [0.15, 0.2) is 0 Å². The summed E-state index contributed by atoms with van der Waals surface area (Å²) < 4.78 is 42.0. The number of halogens is 2. The van der Waals surface area contributed by atoms with Gasteiger partial charge in [0.05, 0.1) is 19.8 Å². The van der Waals surface area contributed by atoms with Gasteiger partial charge in [-0.3, -0.25) is 9.59 Å². The summed E-state index contributed by atoms with van der Waals surface area (Å²) in [6.07, 6.45) is -0.104. The molecule has 0 aliphatic heterocycles. The minimum atomic E-state index is -3.37. The Balaban J connectivity index is 4.41. The van der Waals surface area contributed by atoms with Crippen LogP contribution in [0, 0.1) is 5.92 Å². The number of hydrogen-bond acceptors (Lipinski definition) is 6. The van der Waals surface area contributed by atoms with Crippen molar-refractivity contribution in [2.45, 2.75) is 45.5 Å². The molecule has 0 aromatic heterocycles. The van der Waals surface area contributed by atoms with Gasteiger partial charge in [-0.1, -0.05) is 13.8 Å². The smallest absolute Gasteiger partial charge is 0.305 e. The average molecular weight is 357 g/mol. The standard InChI is InChI=1S/C14H26F2NO5P/c1-3-5-13(19)20-9-11(10-22-23-21-7-6-17)8-12(18)14(15,16)4-2/h11,23H,3-10,17H2,1-2H3. The molecule has 0 heterocycles. The predicted molar refractivity (Wildman–Crippen MR) is 83.5 cm³/mol. The van der Waals surface area contributed by atoms with Crippen molar-refractivity contribution in [1.82, 2.24) is 0 Å². The topological polar surface area (TPSA) is 87.8 Å². The molecule has 0 fully saturated rings. The molecule has 0 aromatic rings. The molecule has 0 aromatic carbocycles. The summed E-state index contributed by atoms with van der Waals surface area (Å²) in [4.78, 5) is 23.0. The molecule has 2 unspecified atom stereocenters. The monoisotopic (exact) mass is 357 g/mol. The zero-order chi connectivity index (χ0) is 17.7. The molecule has 9 heteroatoms. The molecule has 23 heavy (non-hydrogen) atoms. The van der Waals surface area contributed by atoms with Gasteiger partial charge in [0.25, 0.3) is 0 Å². The number of ketones is 1. The zero-order valence-corrected chi connectivity index (χ0v) is 14.6. The molecule has 0 saturated heterocycles. The summed E-state index contributed by atoms with van der Waals surface area (Å²) >= 11 is 0. The molecule has 0 aliphatic rings. The first-order valence-electron chi connectivity index (χ1n) is 7.62. The maximum atomic E-state index is 13.4. The van der Waals surface area contributed by atoms with Gasteiger partial charge in [-0.2, -0.15) is 8.78 Å². The Morgan fingerprint density at radius 3 is 2.48 bits per heavy atom. The van der Waals surface area contributed by atoms with Crippen molar-refractivity contribution in [3.8, 4) is 0 Å². The van der Waals surface area contributed by atoms with Crippen molar-refractivity contribution in [2.75, 3.05) is 26.4 Å². The fourth-order valence-corrected chi connectivity index (χ4v) is 2.14. The molecule has 0 rings (SSSR count). The van der Waals surface area contributed by atoms with Gasteiger partial charge >= 0.3 is 11.9 Å². The second-order valence-corrected chi connectivity index (χ2v) is 5.76. The summed E-state index contributed by atoms with van der Waals surface area (Å²) in [6, 6.07) is 0. The van der Waals surface area contributed by atoms with Crippen LogP contribution in [0.3, 0.4) is 0 Å². The third-order valence-electron chi connectivity index (χ3n) is 2.92. The number of nitrogens with two attached hydrogens (primary N) is 1. The van der Waals surface area contributed by atoms with E-state index in [0.717, 1.165) is 0 Å². The van der Waals surface area contributed by atoms with Gasteiger partial charge in [0, 0.05) is 31.7 Å². The fourth-order valence-electron chi connectivity index (χ4n) is 1.56. The molecule has 0 aliphatic carbocycles. The maximum absolute atomic E-state index is 13.4. The van der Waals surface area contributed by atoms with Crippen molar-refractivity contribution < 1.29 is 32.2 Å². The number of esters is 1. The normalized spacial score (nSPS) is 13.4. The Labute approximate surface area is 137 Å².